The molecule has 8 heteroatoms. The number of nitrogens with zero attached hydrogens (tertiary/aromatic N) is 2. The van der Waals surface area contributed by atoms with Crippen LogP contribution in [0.3, 0.4) is 0 Å². The highest BCUT2D eigenvalue weighted by Crippen LogP contribution is 2.53. The number of fused-ring (bicyclic) bond motifs is 1. The number of pyridine rings is 1. The van der Waals surface area contributed by atoms with E-state index in [0.29, 0.717) is 16.6 Å². The Kier molecular flexibility index (Phi) is 4.66. The highest BCUT2D eigenvalue weighted by atomic mass is 32.2. The maximum absolute atomic E-state index is 12.6. The molecule has 2 aliphatic rings. The van der Waals surface area contributed by atoms with Gasteiger partial charge in [-0.2, -0.15) is 0 Å². The van der Waals surface area contributed by atoms with Crippen LogP contribution in [0.5, 0.6) is 0 Å². The summed E-state index contributed by atoms with van der Waals surface area (Å²) in [5.74, 6) is 0.0145. The number of hydrogen-bond acceptors (Lipinski definition) is 4. The summed E-state index contributed by atoms with van der Waals surface area (Å²) in [7, 11) is -1.64. The first-order chi connectivity index (χ1) is 14.8. The first-order valence-corrected chi connectivity index (χ1v) is 12.5. The second-order valence-electron chi connectivity index (χ2n) is 8.99. The molecule has 1 aliphatic heterocycles. The average Bonchev–Trinajstić information content (AvgIpc) is 3.30. The summed E-state index contributed by atoms with van der Waals surface area (Å²) >= 11 is 0. The fraction of sp³-hybridized carbons (Fsp3) is 0.435. The van der Waals surface area contributed by atoms with E-state index in [-0.39, 0.29) is 11.3 Å². The van der Waals surface area contributed by atoms with E-state index < -0.39 is 10.0 Å². The van der Waals surface area contributed by atoms with E-state index in [1.807, 2.05) is 30.5 Å². The third-order valence-electron chi connectivity index (χ3n) is 6.79. The lowest BCUT2D eigenvalue weighted by molar-refractivity contribution is 0.395. The van der Waals surface area contributed by atoms with Crippen molar-refractivity contribution < 1.29 is 8.42 Å². The maximum Gasteiger partial charge on any atom is 0.274 e. The number of anilines is 2. The van der Waals surface area contributed by atoms with Crippen molar-refractivity contribution in [2.45, 2.75) is 32.6 Å². The van der Waals surface area contributed by atoms with Crippen LogP contribution in [0.1, 0.15) is 32.6 Å². The molecule has 2 N–H and O–H groups in total. The van der Waals surface area contributed by atoms with Gasteiger partial charge in [0, 0.05) is 60.4 Å². The fourth-order valence-electron chi connectivity index (χ4n) is 4.82. The van der Waals surface area contributed by atoms with Crippen molar-refractivity contribution in [1.29, 1.82) is 0 Å². The van der Waals surface area contributed by atoms with E-state index in [0.717, 1.165) is 41.7 Å². The fourth-order valence-corrected chi connectivity index (χ4v) is 5.46. The molecule has 0 unspecified atom stereocenters. The smallest absolute Gasteiger partial charge is 0.274 e. The SMILES string of the molecule is CCS(=O)(=O)Nc1ccc(N2CCCC3(CC3)C2)c(-c2cn(C)c(=O)c3[nH]ccc23)c1. The van der Waals surface area contributed by atoms with E-state index in [1.54, 1.807) is 24.7 Å². The molecule has 7 nitrogen and oxygen atoms in total. The Morgan fingerprint density at radius 3 is 2.71 bits per heavy atom. The minimum Gasteiger partial charge on any atom is -0.370 e. The van der Waals surface area contributed by atoms with Crippen LogP contribution in [0.25, 0.3) is 22.0 Å². The Labute approximate surface area is 182 Å². The Hall–Kier alpha value is -2.74. The van der Waals surface area contributed by atoms with Crippen molar-refractivity contribution in [2.75, 3.05) is 28.5 Å². The molecule has 0 radical (unpaired) electrons. The molecule has 1 spiro atoms. The molecule has 2 fully saturated rings. The summed E-state index contributed by atoms with van der Waals surface area (Å²) in [5, 5.41) is 0.845. The second kappa shape index (κ2) is 7.15. The van der Waals surface area contributed by atoms with Gasteiger partial charge in [-0.1, -0.05) is 0 Å². The zero-order chi connectivity index (χ0) is 21.8. The highest BCUT2D eigenvalue weighted by molar-refractivity contribution is 7.92. The van der Waals surface area contributed by atoms with Crippen molar-refractivity contribution in [2.24, 2.45) is 12.5 Å². The molecule has 1 aromatic carbocycles. The summed E-state index contributed by atoms with van der Waals surface area (Å²) in [6.07, 6.45) is 8.65. The molecule has 31 heavy (non-hydrogen) atoms. The molecule has 1 saturated carbocycles. The maximum atomic E-state index is 12.6. The third kappa shape index (κ3) is 3.63. The van der Waals surface area contributed by atoms with E-state index in [4.69, 9.17) is 0 Å². The van der Waals surface area contributed by atoms with Crippen LogP contribution in [0.2, 0.25) is 0 Å². The molecule has 1 aliphatic carbocycles. The summed E-state index contributed by atoms with van der Waals surface area (Å²) in [4.78, 5) is 18.1. The molecule has 5 rings (SSSR count). The van der Waals surface area contributed by atoms with E-state index in [1.165, 1.54) is 19.3 Å². The molecule has 1 saturated heterocycles. The van der Waals surface area contributed by atoms with Gasteiger partial charge in [0.1, 0.15) is 5.52 Å². The number of hydrogen-bond donors (Lipinski definition) is 2. The van der Waals surface area contributed by atoms with Gasteiger partial charge in [-0.3, -0.25) is 9.52 Å². The topological polar surface area (TPSA) is 87.2 Å². The summed E-state index contributed by atoms with van der Waals surface area (Å²) in [5.41, 5.74) is 4.41. The number of benzene rings is 1. The third-order valence-corrected chi connectivity index (χ3v) is 8.10. The van der Waals surface area contributed by atoms with Crippen LogP contribution >= 0.6 is 0 Å². The highest BCUT2D eigenvalue weighted by Gasteiger charge is 2.45. The summed E-state index contributed by atoms with van der Waals surface area (Å²) < 4.78 is 28.7. The monoisotopic (exact) mass is 440 g/mol. The molecule has 0 atom stereocenters. The normalized spacial score (nSPS) is 17.9. The zero-order valence-electron chi connectivity index (χ0n) is 17.9. The molecule has 3 aromatic rings. The van der Waals surface area contributed by atoms with Gasteiger partial charge in [0.2, 0.25) is 10.0 Å². The number of rotatable bonds is 5. The lowest BCUT2D eigenvalue weighted by atomic mass is 9.93. The molecular weight excluding hydrogens is 412 g/mol. The largest absolute Gasteiger partial charge is 0.370 e. The predicted molar refractivity (Wildman–Crippen MR) is 125 cm³/mol. The van der Waals surface area contributed by atoms with Crippen LogP contribution in [0, 0.1) is 5.41 Å². The van der Waals surface area contributed by atoms with Gasteiger partial charge >= 0.3 is 0 Å². The van der Waals surface area contributed by atoms with Crippen molar-refractivity contribution in [3.63, 3.8) is 0 Å². The van der Waals surface area contributed by atoms with Gasteiger partial charge in [-0.05, 0) is 62.3 Å². The molecular formula is C23H28N4O3S. The molecule has 164 valence electrons. The number of nitrogens with one attached hydrogen (secondary N) is 2. The van der Waals surface area contributed by atoms with Crippen molar-refractivity contribution >= 4 is 32.3 Å². The van der Waals surface area contributed by atoms with E-state index in [2.05, 4.69) is 14.6 Å². The number of H-pyrrole nitrogens is 1. The van der Waals surface area contributed by atoms with Gasteiger partial charge in [0.15, 0.2) is 0 Å². The van der Waals surface area contributed by atoms with Crippen LogP contribution in [-0.2, 0) is 17.1 Å². The predicted octanol–water partition coefficient (Wildman–Crippen LogP) is 3.68. The second-order valence-corrected chi connectivity index (χ2v) is 11.0. The van der Waals surface area contributed by atoms with Gasteiger partial charge in [-0.25, -0.2) is 8.42 Å². The Balaban J connectivity index is 1.69. The lowest BCUT2D eigenvalue weighted by Crippen LogP contribution is -2.36. The van der Waals surface area contributed by atoms with Gasteiger partial charge in [0.25, 0.3) is 5.56 Å². The standard InChI is InChI=1S/C23H28N4O3S/c1-3-31(29,30)25-16-5-6-20(27-12-4-8-23(15-27)9-10-23)18(13-16)19-14-26(2)22(28)21-17(19)7-11-24-21/h5-7,11,13-14,24-25H,3-4,8-10,12,15H2,1-2H3. The Morgan fingerprint density at radius 2 is 1.97 bits per heavy atom. The van der Waals surface area contributed by atoms with Crippen molar-refractivity contribution in [1.82, 2.24) is 9.55 Å². The Morgan fingerprint density at radius 1 is 1.16 bits per heavy atom. The zero-order valence-corrected chi connectivity index (χ0v) is 18.8. The number of aromatic nitrogens is 2. The number of sulfonamides is 1. The van der Waals surface area contributed by atoms with Gasteiger partial charge in [-0.15, -0.1) is 0 Å². The van der Waals surface area contributed by atoms with Crippen LogP contribution in [-0.4, -0.2) is 36.8 Å². The first kappa shape index (κ1) is 20.2. The van der Waals surface area contributed by atoms with Gasteiger partial charge < -0.3 is 14.5 Å². The lowest BCUT2D eigenvalue weighted by Gasteiger charge is -2.36. The average molecular weight is 441 g/mol. The van der Waals surface area contributed by atoms with Crippen LogP contribution in [0.4, 0.5) is 11.4 Å². The number of aromatic amines is 1. The van der Waals surface area contributed by atoms with Crippen molar-refractivity contribution in [3.8, 4) is 11.1 Å². The Bertz CT molecular complexity index is 1320. The van der Waals surface area contributed by atoms with Crippen LogP contribution < -0.4 is 15.2 Å². The minimum absolute atomic E-state index is 0.0145. The van der Waals surface area contributed by atoms with Crippen LogP contribution in [0.15, 0.2) is 41.5 Å². The minimum atomic E-state index is -3.39. The summed E-state index contributed by atoms with van der Waals surface area (Å²) in [6, 6.07) is 7.69. The van der Waals surface area contributed by atoms with E-state index in [9.17, 15) is 13.2 Å². The summed E-state index contributed by atoms with van der Waals surface area (Å²) in [6.45, 7) is 3.63. The number of piperidine rings is 1. The van der Waals surface area contributed by atoms with Crippen molar-refractivity contribution in [3.05, 3.63) is 47.0 Å². The molecule has 0 bridgehead atoms. The van der Waals surface area contributed by atoms with E-state index >= 15 is 0 Å². The molecule has 2 aromatic heterocycles. The quantitative estimate of drug-likeness (QED) is 0.634. The number of aryl methyl sites for hydroxylation is 1. The molecule has 0 amide bonds. The van der Waals surface area contributed by atoms with Gasteiger partial charge in [0.05, 0.1) is 5.75 Å². The first-order valence-electron chi connectivity index (χ1n) is 10.9. The molecule has 3 heterocycles.